The minimum absolute atomic E-state index is 0.0132. The Hall–Kier alpha value is -2.93. The minimum atomic E-state index is -0.427. The number of nitrogens with one attached hydrogen (secondary N) is 1. The van der Waals surface area contributed by atoms with Crippen molar-refractivity contribution in [3.8, 4) is 17.2 Å². The largest absolute Gasteiger partial charge is 0.493 e. The highest BCUT2D eigenvalue weighted by Crippen LogP contribution is 2.43. The average Bonchev–Trinajstić information content (AvgIpc) is 3.22. The first-order valence-corrected chi connectivity index (χ1v) is 10.8. The predicted octanol–water partition coefficient (Wildman–Crippen LogP) is 3.75. The van der Waals surface area contributed by atoms with E-state index in [1.54, 1.807) is 50.5 Å². The van der Waals surface area contributed by atoms with Crippen LogP contribution in [0.1, 0.15) is 35.7 Å². The number of halogens is 1. The van der Waals surface area contributed by atoms with Crippen LogP contribution in [0.15, 0.2) is 36.4 Å². The Balaban J connectivity index is 1.99. The standard InChI is InChI=1S/C24H29ClN2O5/c1-14(2)26-23(28)19-13-27(24(29)15-7-6-8-17(25)9-15)12-18(19)16-10-20(30-3)22(32-5)21(11-16)31-4/h6-11,14,18-19H,12-13H2,1-5H3,(H,26,28)/t18-,19+/m0/s1. The molecule has 0 spiro atoms. The molecule has 1 N–H and O–H groups in total. The smallest absolute Gasteiger partial charge is 0.253 e. The predicted molar refractivity (Wildman–Crippen MR) is 123 cm³/mol. The van der Waals surface area contributed by atoms with Crippen LogP contribution in [0, 0.1) is 5.92 Å². The van der Waals surface area contributed by atoms with Gasteiger partial charge in [-0.25, -0.2) is 0 Å². The number of rotatable bonds is 7. The van der Waals surface area contributed by atoms with Gasteiger partial charge in [-0.1, -0.05) is 17.7 Å². The van der Waals surface area contributed by atoms with Gasteiger partial charge in [0, 0.05) is 35.6 Å². The summed E-state index contributed by atoms with van der Waals surface area (Å²) in [5.74, 6) is 0.555. The van der Waals surface area contributed by atoms with Crippen LogP contribution in [-0.4, -0.2) is 57.2 Å². The first-order valence-electron chi connectivity index (χ1n) is 10.4. The van der Waals surface area contributed by atoms with Crippen LogP contribution in [0.25, 0.3) is 0 Å². The van der Waals surface area contributed by atoms with Gasteiger partial charge in [-0.2, -0.15) is 0 Å². The molecule has 1 aliphatic rings. The van der Waals surface area contributed by atoms with Crippen molar-refractivity contribution in [3.05, 3.63) is 52.5 Å². The fourth-order valence-corrected chi connectivity index (χ4v) is 4.27. The summed E-state index contributed by atoms with van der Waals surface area (Å²) in [6.45, 7) is 4.50. The lowest BCUT2D eigenvalue weighted by Gasteiger charge is -2.21. The second kappa shape index (κ2) is 10.1. The van der Waals surface area contributed by atoms with E-state index >= 15 is 0 Å². The van der Waals surface area contributed by atoms with Gasteiger partial charge >= 0.3 is 0 Å². The molecule has 2 atom stereocenters. The molecule has 2 aromatic carbocycles. The molecule has 1 heterocycles. The zero-order valence-electron chi connectivity index (χ0n) is 19.0. The molecule has 8 heteroatoms. The molecule has 2 amide bonds. The average molecular weight is 461 g/mol. The van der Waals surface area contributed by atoms with E-state index in [0.717, 1.165) is 5.56 Å². The number of carbonyl (C=O) groups is 2. The summed E-state index contributed by atoms with van der Waals surface area (Å²) in [6, 6.07) is 10.5. The van der Waals surface area contributed by atoms with Gasteiger partial charge < -0.3 is 24.4 Å². The van der Waals surface area contributed by atoms with Crippen LogP contribution < -0.4 is 19.5 Å². The molecular weight excluding hydrogens is 432 g/mol. The summed E-state index contributed by atoms with van der Waals surface area (Å²) < 4.78 is 16.4. The van der Waals surface area contributed by atoms with Crippen molar-refractivity contribution < 1.29 is 23.8 Å². The molecule has 1 saturated heterocycles. The Morgan fingerprint density at radius 2 is 1.69 bits per heavy atom. The van der Waals surface area contributed by atoms with Gasteiger partial charge in [-0.3, -0.25) is 9.59 Å². The SMILES string of the molecule is COc1cc([C@@H]2CN(C(=O)c3cccc(Cl)c3)C[C@H]2C(=O)NC(C)C)cc(OC)c1OC. The Labute approximate surface area is 193 Å². The number of methoxy groups -OCH3 is 3. The number of nitrogens with zero attached hydrogens (tertiary/aromatic N) is 1. The fraction of sp³-hybridized carbons (Fsp3) is 0.417. The normalized spacial score (nSPS) is 17.9. The summed E-state index contributed by atoms with van der Waals surface area (Å²) >= 11 is 6.08. The Bertz CT molecular complexity index is 969. The maximum Gasteiger partial charge on any atom is 0.253 e. The third kappa shape index (κ3) is 4.93. The number of carbonyl (C=O) groups excluding carboxylic acids is 2. The number of amides is 2. The summed E-state index contributed by atoms with van der Waals surface area (Å²) in [5.41, 5.74) is 1.33. The van der Waals surface area contributed by atoms with Crippen molar-refractivity contribution in [2.24, 2.45) is 5.92 Å². The molecule has 0 bridgehead atoms. The summed E-state index contributed by atoms with van der Waals surface area (Å²) in [4.78, 5) is 28.0. The number of hydrogen-bond donors (Lipinski definition) is 1. The van der Waals surface area contributed by atoms with Crippen molar-refractivity contribution in [2.75, 3.05) is 34.4 Å². The molecule has 7 nitrogen and oxygen atoms in total. The highest BCUT2D eigenvalue weighted by atomic mass is 35.5. The van der Waals surface area contributed by atoms with E-state index in [4.69, 9.17) is 25.8 Å². The van der Waals surface area contributed by atoms with Crippen molar-refractivity contribution >= 4 is 23.4 Å². The maximum atomic E-state index is 13.2. The highest BCUT2D eigenvalue weighted by molar-refractivity contribution is 6.30. The summed E-state index contributed by atoms with van der Waals surface area (Å²) in [5, 5.41) is 3.48. The lowest BCUT2D eigenvalue weighted by molar-refractivity contribution is -0.125. The van der Waals surface area contributed by atoms with Crippen molar-refractivity contribution in [1.29, 1.82) is 0 Å². The first-order chi connectivity index (χ1) is 15.3. The first kappa shape index (κ1) is 23.7. The van der Waals surface area contributed by atoms with Crippen LogP contribution in [0.3, 0.4) is 0 Å². The van der Waals surface area contributed by atoms with Crippen LogP contribution in [0.5, 0.6) is 17.2 Å². The van der Waals surface area contributed by atoms with E-state index in [0.29, 0.717) is 40.9 Å². The molecule has 32 heavy (non-hydrogen) atoms. The molecule has 0 saturated carbocycles. The molecule has 1 fully saturated rings. The van der Waals surface area contributed by atoms with Gasteiger partial charge in [-0.15, -0.1) is 0 Å². The maximum absolute atomic E-state index is 13.2. The van der Waals surface area contributed by atoms with E-state index < -0.39 is 5.92 Å². The number of hydrogen-bond acceptors (Lipinski definition) is 5. The van der Waals surface area contributed by atoms with Gasteiger partial charge in [0.25, 0.3) is 5.91 Å². The zero-order chi connectivity index (χ0) is 23.4. The van der Waals surface area contributed by atoms with Gasteiger partial charge in [0.1, 0.15) is 0 Å². The van der Waals surface area contributed by atoms with Crippen LogP contribution >= 0.6 is 11.6 Å². The van der Waals surface area contributed by atoms with Crippen molar-refractivity contribution in [2.45, 2.75) is 25.8 Å². The lowest BCUT2D eigenvalue weighted by Crippen LogP contribution is -2.39. The molecule has 172 valence electrons. The monoisotopic (exact) mass is 460 g/mol. The van der Waals surface area contributed by atoms with Crippen LogP contribution in [-0.2, 0) is 4.79 Å². The fourth-order valence-electron chi connectivity index (χ4n) is 4.08. The molecule has 0 radical (unpaired) electrons. The molecule has 0 aliphatic carbocycles. The molecule has 0 aromatic heterocycles. The molecule has 1 aliphatic heterocycles. The van der Waals surface area contributed by atoms with E-state index in [-0.39, 0.29) is 23.8 Å². The van der Waals surface area contributed by atoms with Crippen LogP contribution in [0.2, 0.25) is 5.02 Å². The lowest BCUT2D eigenvalue weighted by atomic mass is 9.87. The zero-order valence-corrected chi connectivity index (χ0v) is 19.7. The van der Waals surface area contributed by atoms with Gasteiger partial charge in [-0.05, 0) is 49.7 Å². The summed E-state index contributed by atoms with van der Waals surface area (Å²) in [7, 11) is 4.64. The molecule has 0 unspecified atom stereocenters. The van der Waals surface area contributed by atoms with Gasteiger partial charge in [0.2, 0.25) is 11.7 Å². The van der Waals surface area contributed by atoms with Gasteiger partial charge in [0.15, 0.2) is 11.5 Å². The van der Waals surface area contributed by atoms with E-state index in [2.05, 4.69) is 5.32 Å². The molecule has 3 rings (SSSR count). The number of benzene rings is 2. The summed E-state index contributed by atoms with van der Waals surface area (Å²) in [6.07, 6.45) is 0. The van der Waals surface area contributed by atoms with Gasteiger partial charge in [0.05, 0.1) is 27.2 Å². The highest BCUT2D eigenvalue weighted by Gasteiger charge is 2.41. The topological polar surface area (TPSA) is 77.1 Å². The molecule has 2 aromatic rings. The van der Waals surface area contributed by atoms with Crippen molar-refractivity contribution in [3.63, 3.8) is 0 Å². The number of likely N-dealkylation sites (tertiary alicyclic amines) is 1. The Kier molecular flexibility index (Phi) is 7.51. The minimum Gasteiger partial charge on any atom is -0.493 e. The van der Waals surface area contributed by atoms with Crippen LogP contribution in [0.4, 0.5) is 0 Å². The Morgan fingerprint density at radius 3 is 2.22 bits per heavy atom. The second-order valence-corrected chi connectivity index (χ2v) is 8.49. The second-order valence-electron chi connectivity index (χ2n) is 8.06. The quantitative estimate of drug-likeness (QED) is 0.681. The van der Waals surface area contributed by atoms with E-state index in [9.17, 15) is 9.59 Å². The third-order valence-electron chi connectivity index (χ3n) is 5.56. The third-order valence-corrected chi connectivity index (χ3v) is 5.80. The van der Waals surface area contributed by atoms with Crippen molar-refractivity contribution in [1.82, 2.24) is 10.2 Å². The number of ether oxygens (including phenoxy) is 3. The van der Waals surface area contributed by atoms with E-state index in [1.807, 2.05) is 26.0 Å². The van der Waals surface area contributed by atoms with E-state index in [1.165, 1.54) is 0 Å². The molecular formula is C24H29ClN2O5. The Morgan fingerprint density at radius 1 is 1.03 bits per heavy atom.